The van der Waals surface area contributed by atoms with Gasteiger partial charge in [0.2, 0.25) is 6.79 Å². The van der Waals surface area contributed by atoms with Crippen molar-refractivity contribution >= 4 is 19.1 Å². The summed E-state index contributed by atoms with van der Waals surface area (Å²) >= 11 is 0. The van der Waals surface area contributed by atoms with E-state index >= 15 is 0 Å². The van der Waals surface area contributed by atoms with Crippen LogP contribution in [0.4, 0.5) is 0 Å². The second-order valence-electron chi connectivity index (χ2n) is 6.45. The van der Waals surface area contributed by atoms with Crippen molar-refractivity contribution in [3.05, 3.63) is 89.0 Å². The van der Waals surface area contributed by atoms with Crippen molar-refractivity contribution in [1.82, 2.24) is 0 Å². The minimum Gasteiger partial charge on any atom is -0.454 e. The molecule has 2 radical (unpaired) electrons. The molecule has 1 atom stereocenters. The maximum absolute atomic E-state index is 6.31. The predicted molar refractivity (Wildman–Crippen MR) is 101 cm³/mol. The van der Waals surface area contributed by atoms with Gasteiger partial charge in [0.25, 0.3) is 0 Å². The van der Waals surface area contributed by atoms with Crippen molar-refractivity contribution in [2.24, 2.45) is 10.7 Å². The Kier molecular flexibility index (Phi) is 3.13. The Morgan fingerprint density at radius 2 is 1.69 bits per heavy atom. The number of hydrogen-bond donors (Lipinski definition) is 1. The fourth-order valence-electron chi connectivity index (χ4n) is 3.82. The summed E-state index contributed by atoms with van der Waals surface area (Å²) < 4.78 is 11.1. The number of hydrogen-bond acceptors (Lipinski definition) is 4. The molecule has 0 fully saturated rings. The van der Waals surface area contributed by atoms with E-state index in [1.807, 2.05) is 60.7 Å². The molecule has 3 aromatic carbocycles. The molecule has 0 aromatic heterocycles. The van der Waals surface area contributed by atoms with Gasteiger partial charge in [-0.25, -0.2) is 4.99 Å². The molecular weight excluding hydrogens is 323 g/mol. The Balaban J connectivity index is 1.84. The predicted octanol–water partition coefficient (Wildman–Crippen LogP) is 2.22. The zero-order valence-electron chi connectivity index (χ0n) is 14.0. The highest BCUT2D eigenvalue weighted by Gasteiger charge is 2.43. The molecule has 0 amide bonds. The van der Waals surface area contributed by atoms with Crippen LogP contribution >= 0.6 is 0 Å². The average Bonchev–Trinajstić information content (AvgIpc) is 3.25. The lowest BCUT2D eigenvalue weighted by atomic mass is 9.76. The largest absolute Gasteiger partial charge is 0.454 e. The summed E-state index contributed by atoms with van der Waals surface area (Å²) in [5, 5.41) is 0. The summed E-state index contributed by atoms with van der Waals surface area (Å²) in [6.45, 7) is 0.228. The maximum Gasteiger partial charge on any atom is 0.231 e. The average molecular weight is 338 g/mol. The number of nitrogens with zero attached hydrogens (tertiary/aromatic N) is 1. The first-order chi connectivity index (χ1) is 12.7. The van der Waals surface area contributed by atoms with E-state index in [2.05, 4.69) is 6.07 Å². The van der Waals surface area contributed by atoms with Crippen molar-refractivity contribution in [3.63, 3.8) is 0 Å². The first-order valence-corrected chi connectivity index (χ1v) is 8.40. The molecule has 0 saturated heterocycles. The van der Waals surface area contributed by atoms with Crippen LogP contribution in [-0.2, 0) is 5.54 Å². The third-order valence-corrected chi connectivity index (χ3v) is 4.98. The number of ether oxygens (including phenoxy) is 2. The summed E-state index contributed by atoms with van der Waals surface area (Å²) in [6.07, 6.45) is 0. The van der Waals surface area contributed by atoms with Crippen LogP contribution in [0.15, 0.2) is 71.7 Å². The number of benzene rings is 3. The van der Waals surface area contributed by atoms with Gasteiger partial charge in [0.05, 0.1) is 0 Å². The molecule has 2 N–H and O–H groups in total. The fourth-order valence-corrected chi connectivity index (χ4v) is 3.82. The van der Waals surface area contributed by atoms with Crippen LogP contribution < -0.4 is 20.7 Å². The van der Waals surface area contributed by atoms with Gasteiger partial charge in [-0.05, 0) is 28.8 Å². The zero-order valence-corrected chi connectivity index (χ0v) is 14.0. The molecule has 1 unspecified atom stereocenters. The van der Waals surface area contributed by atoms with Crippen LogP contribution in [0.2, 0.25) is 0 Å². The Hall–Kier alpha value is -3.21. The monoisotopic (exact) mass is 338 g/mol. The van der Waals surface area contributed by atoms with Crippen LogP contribution in [0, 0.1) is 0 Å². The lowest BCUT2D eigenvalue weighted by molar-refractivity contribution is 0.174. The molecule has 4 nitrogen and oxygen atoms in total. The van der Waals surface area contributed by atoms with E-state index in [-0.39, 0.29) is 6.79 Å². The lowest BCUT2D eigenvalue weighted by Crippen LogP contribution is -2.26. The quantitative estimate of drug-likeness (QED) is 0.729. The van der Waals surface area contributed by atoms with Crippen molar-refractivity contribution < 1.29 is 9.47 Å². The zero-order chi connectivity index (χ0) is 17.7. The van der Waals surface area contributed by atoms with Crippen LogP contribution in [0.25, 0.3) is 0 Å². The van der Waals surface area contributed by atoms with Crippen LogP contribution in [0.3, 0.4) is 0 Å². The second-order valence-corrected chi connectivity index (χ2v) is 6.45. The van der Waals surface area contributed by atoms with Crippen molar-refractivity contribution in [3.8, 4) is 11.5 Å². The Labute approximate surface area is 152 Å². The van der Waals surface area contributed by atoms with E-state index in [1.165, 1.54) is 0 Å². The molecule has 2 aliphatic heterocycles. The molecular formula is C21H15BN2O2. The smallest absolute Gasteiger partial charge is 0.231 e. The molecule has 0 saturated carbocycles. The van der Waals surface area contributed by atoms with Crippen molar-refractivity contribution in [2.75, 3.05) is 6.79 Å². The van der Waals surface area contributed by atoms with Gasteiger partial charge < -0.3 is 15.2 Å². The van der Waals surface area contributed by atoms with Gasteiger partial charge >= 0.3 is 0 Å². The van der Waals surface area contributed by atoms with E-state index in [9.17, 15) is 0 Å². The van der Waals surface area contributed by atoms with Gasteiger partial charge in [-0.3, -0.25) is 0 Å². The third-order valence-electron chi connectivity index (χ3n) is 4.98. The van der Waals surface area contributed by atoms with Crippen LogP contribution in [0.5, 0.6) is 11.5 Å². The SMILES string of the molecule is [B]c1cccc(C2(c3ccc4c(c3)OCO4)N=C(N)c3ccccc32)c1. The van der Waals surface area contributed by atoms with Crippen LogP contribution in [-0.4, -0.2) is 20.5 Å². The molecule has 5 heteroatoms. The van der Waals surface area contributed by atoms with E-state index in [0.717, 1.165) is 28.0 Å². The highest BCUT2D eigenvalue weighted by molar-refractivity contribution is 6.32. The molecule has 3 aromatic rings. The normalized spacial score (nSPS) is 19.9. The molecule has 5 rings (SSSR count). The molecule has 2 heterocycles. The molecule has 0 spiro atoms. The topological polar surface area (TPSA) is 56.8 Å². The number of amidine groups is 1. The van der Waals surface area contributed by atoms with Gasteiger partial charge in [-0.2, -0.15) is 0 Å². The number of rotatable bonds is 2. The molecule has 26 heavy (non-hydrogen) atoms. The number of aliphatic imine (C=N–C) groups is 1. The summed E-state index contributed by atoms with van der Waals surface area (Å²) in [7, 11) is 6.08. The standard InChI is InChI=1S/C21H15BN2O2/c22-15-5-3-4-13(10-15)21(14-8-9-18-19(11-14)26-12-25-18)17-7-2-1-6-16(17)20(23)24-21/h1-11H,12H2,(H2,23,24). The number of nitrogens with two attached hydrogens (primary N) is 1. The fraction of sp³-hybridized carbons (Fsp3) is 0.0952. The Bertz CT molecular complexity index is 1060. The van der Waals surface area contributed by atoms with Gasteiger partial charge in [0.1, 0.15) is 19.2 Å². The van der Waals surface area contributed by atoms with E-state index < -0.39 is 5.54 Å². The lowest BCUT2D eigenvalue weighted by Gasteiger charge is -2.29. The minimum atomic E-state index is -0.767. The summed E-state index contributed by atoms with van der Waals surface area (Å²) in [5.41, 5.74) is 10.1. The Morgan fingerprint density at radius 1 is 0.885 bits per heavy atom. The maximum atomic E-state index is 6.31. The van der Waals surface area contributed by atoms with E-state index in [1.54, 1.807) is 0 Å². The third kappa shape index (κ3) is 2.00. The summed E-state index contributed by atoms with van der Waals surface area (Å²) in [5.74, 6) is 1.96. The molecule has 2 aliphatic rings. The second kappa shape index (κ2) is 5.40. The van der Waals surface area contributed by atoms with Gasteiger partial charge in [-0.15, -0.1) is 0 Å². The first-order valence-electron chi connectivity index (χ1n) is 8.40. The summed E-state index contributed by atoms with van der Waals surface area (Å²) in [4.78, 5) is 4.94. The number of fused-ring (bicyclic) bond motifs is 2. The van der Waals surface area contributed by atoms with Crippen molar-refractivity contribution in [1.29, 1.82) is 0 Å². The highest BCUT2D eigenvalue weighted by Crippen LogP contribution is 2.47. The highest BCUT2D eigenvalue weighted by atomic mass is 16.7. The van der Waals surface area contributed by atoms with Gasteiger partial charge in [0, 0.05) is 5.56 Å². The van der Waals surface area contributed by atoms with Crippen LogP contribution in [0.1, 0.15) is 22.3 Å². The molecule has 0 bridgehead atoms. The molecule has 124 valence electrons. The Morgan fingerprint density at radius 3 is 2.58 bits per heavy atom. The minimum absolute atomic E-state index is 0.228. The summed E-state index contributed by atoms with van der Waals surface area (Å²) in [6, 6.07) is 21.7. The van der Waals surface area contributed by atoms with E-state index in [0.29, 0.717) is 17.0 Å². The van der Waals surface area contributed by atoms with Gasteiger partial charge in [-0.1, -0.05) is 60.1 Å². The molecule has 0 aliphatic carbocycles. The van der Waals surface area contributed by atoms with Gasteiger partial charge in [0.15, 0.2) is 11.5 Å². The van der Waals surface area contributed by atoms with E-state index in [4.69, 9.17) is 28.0 Å². The first kappa shape index (κ1) is 15.1. The van der Waals surface area contributed by atoms with Crippen molar-refractivity contribution in [2.45, 2.75) is 5.54 Å².